The Kier molecular flexibility index (Phi) is 7.21. The van der Waals surface area contributed by atoms with Crippen LogP contribution in [0.3, 0.4) is 0 Å². The van der Waals surface area contributed by atoms with E-state index < -0.39 is 0 Å². The third kappa shape index (κ3) is 5.88. The van der Waals surface area contributed by atoms with Crippen molar-refractivity contribution in [3.8, 4) is 0 Å². The van der Waals surface area contributed by atoms with Gasteiger partial charge in [0.1, 0.15) is 0 Å². The Morgan fingerprint density at radius 2 is 1.81 bits per heavy atom. The van der Waals surface area contributed by atoms with E-state index in [1.165, 1.54) is 5.56 Å². The van der Waals surface area contributed by atoms with Crippen molar-refractivity contribution in [1.29, 1.82) is 0 Å². The van der Waals surface area contributed by atoms with E-state index >= 15 is 0 Å². The maximum atomic E-state index is 12.0. The Labute approximate surface area is 162 Å². The molecule has 0 saturated heterocycles. The van der Waals surface area contributed by atoms with Crippen LogP contribution in [0.4, 0.5) is 10.5 Å². The second-order valence-electron chi connectivity index (χ2n) is 6.15. The summed E-state index contributed by atoms with van der Waals surface area (Å²) in [6.07, 6.45) is 0.982. The fourth-order valence-electron chi connectivity index (χ4n) is 2.50. The molecule has 2 rings (SSSR count). The molecule has 3 N–H and O–H groups in total. The van der Waals surface area contributed by atoms with Gasteiger partial charge in [0.25, 0.3) is 0 Å². The minimum absolute atomic E-state index is 0.0944. The molecule has 0 spiro atoms. The van der Waals surface area contributed by atoms with Gasteiger partial charge in [0.2, 0.25) is 5.91 Å². The van der Waals surface area contributed by atoms with Crippen molar-refractivity contribution >= 4 is 33.6 Å². The summed E-state index contributed by atoms with van der Waals surface area (Å²) in [5.74, 6) is -0.273. The van der Waals surface area contributed by atoms with Crippen LogP contribution >= 0.6 is 15.9 Å². The summed E-state index contributed by atoms with van der Waals surface area (Å²) in [6, 6.07) is 13.2. The van der Waals surface area contributed by atoms with Gasteiger partial charge in [-0.1, -0.05) is 47.1 Å². The van der Waals surface area contributed by atoms with Crippen LogP contribution in [0.1, 0.15) is 36.6 Å². The molecular weight excluding hydrogens is 394 g/mol. The molecule has 1 atom stereocenters. The molecule has 3 amide bonds. The van der Waals surface area contributed by atoms with E-state index in [2.05, 4.69) is 50.9 Å². The standard InChI is InChI=1S/C20H24BrN3O2/c1-4-15-5-7-16(8-6-15)14(3)23-20(26)22-12-19(25)24-18-10-9-17(21)11-13(18)2/h5-11,14H,4,12H2,1-3H3,(H,24,25)(H2,22,23,26). The molecule has 26 heavy (non-hydrogen) atoms. The van der Waals surface area contributed by atoms with E-state index in [0.717, 1.165) is 27.7 Å². The summed E-state index contributed by atoms with van der Waals surface area (Å²) in [4.78, 5) is 24.0. The van der Waals surface area contributed by atoms with Crippen molar-refractivity contribution in [1.82, 2.24) is 10.6 Å². The molecule has 0 heterocycles. The fraction of sp³-hybridized carbons (Fsp3) is 0.300. The zero-order chi connectivity index (χ0) is 19.1. The van der Waals surface area contributed by atoms with Crippen LogP contribution < -0.4 is 16.0 Å². The lowest BCUT2D eigenvalue weighted by Gasteiger charge is -2.15. The number of nitrogens with one attached hydrogen (secondary N) is 3. The number of benzene rings is 2. The first kappa shape index (κ1) is 20.0. The Bertz CT molecular complexity index is 775. The van der Waals surface area contributed by atoms with Gasteiger partial charge in [0.05, 0.1) is 12.6 Å². The largest absolute Gasteiger partial charge is 0.332 e. The molecular formula is C20H24BrN3O2. The predicted octanol–water partition coefficient (Wildman–Crippen LogP) is 4.32. The molecule has 0 fully saturated rings. The lowest BCUT2D eigenvalue weighted by Crippen LogP contribution is -2.41. The maximum absolute atomic E-state index is 12.0. The van der Waals surface area contributed by atoms with Crippen LogP contribution in [-0.2, 0) is 11.2 Å². The fourth-order valence-corrected chi connectivity index (χ4v) is 2.97. The van der Waals surface area contributed by atoms with E-state index in [0.29, 0.717) is 0 Å². The van der Waals surface area contributed by atoms with Crippen LogP contribution in [-0.4, -0.2) is 18.5 Å². The van der Waals surface area contributed by atoms with E-state index in [1.54, 1.807) is 0 Å². The Morgan fingerprint density at radius 1 is 1.12 bits per heavy atom. The maximum Gasteiger partial charge on any atom is 0.315 e. The molecule has 6 heteroatoms. The van der Waals surface area contributed by atoms with Crippen molar-refractivity contribution in [2.75, 3.05) is 11.9 Å². The van der Waals surface area contributed by atoms with E-state index in [4.69, 9.17) is 0 Å². The van der Waals surface area contributed by atoms with Gasteiger partial charge in [-0.25, -0.2) is 4.79 Å². The van der Waals surface area contributed by atoms with Crippen molar-refractivity contribution in [3.05, 3.63) is 63.6 Å². The number of aryl methyl sites for hydroxylation is 2. The monoisotopic (exact) mass is 417 g/mol. The van der Waals surface area contributed by atoms with Crippen LogP contribution in [0, 0.1) is 6.92 Å². The highest BCUT2D eigenvalue weighted by Crippen LogP contribution is 2.19. The number of amides is 3. The van der Waals surface area contributed by atoms with Crippen LogP contribution in [0.25, 0.3) is 0 Å². The van der Waals surface area contributed by atoms with Crippen LogP contribution in [0.5, 0.6) is 0 Å². The lowest BCUT2D eigenvalue weighted by atomic mass is 10.1. The Morgan fingerprint density at radius 3 is 2.42 bits per heavy atom. The third-order valence-electron chi connectivity index (χ3n) is 4.11. The van der Waals surface area contributed by atoms with Crippen LogP contribution in [0.15, 0.2) is 46.9 Å². The smallest absolute Gasteiger partial charge is 0.315 e. The zero-order valence-electron chi connectivity index (χ0n) is 15.2. The van der Waals surface area contributed by atoms with Crippen molar-refractivity contribution < 1.29 is 9.59 Å². The summed E-state index contributed by atoms with van der Waals surface area (Å²) < 4.78 is 0.950. The van der Waals surface area contributed by atoms with Gasteiger partial charge in [-0.05, 0) is 55.2 Å². The first-order valence-electron chi connectivity index (χ1n) is 8.58. The first-order chi connectivity index (χ1) is 12.4. The Balaban J connectivity index is 1.80. The highest BCUT2D eigenvalue weighted by atomic mass is 79.9. The molecule has 0 bridgehead atoms. The van der Waals surface area contributed by atoms with Gasteiger partial charge in [-0.2, -0.15) is 0 Å². The topological polar surface area (TPSA) is 70.2 Å². The average molecular weight is 418 g/mol. The quantitative estimate of drug-likeness (QED) is 0.654. The molecule has 2 aromatic carbocycles. The SMILES string of the molecule is CCc1ccc(C(C)NC(=O)NCC(=O)Nc2ccc(Br)cc2C)cc1. The Hall–Kier alpha value is -2.34. The number of halogens is 1. The summed E-state index contributed by atoms with van der Waals surface area (Å²) in [5, 5.41) is 8.21. The summed E-state index contributed by atoms with van der Waals surface area (Å²) in [5.41, 5.74) is 3.95. The molecule has 5 nitrogen and oxygen atoms in total. The number of carbonyl (C=O) groups is 2. The molecule has 0 aliphatic heterocycles. The minimum atomic E-state index is -0.375. The van der Waals surface area contributed by atoms with Crippen molar-refractivity contribution in [2.24, 2.45) is 0 Å². The molecule has 0 aliphatic carbocycles. The van der Waals surface area contributed by atoms with Gasteiger partial charge < -0.3 is 16.0 Å². The summed E-state index contributed by atoms with van der Waals surface area (Å²) in [6.45, 7) is 5.82. The van der Waals surface area contributed by atoms with Gasteiger partial charge in [-0.15, -0.1) is 0 Å². The normalized spacial score (nSPS) is 11.5. The van der Waals surface area contributed by atoms with Crippen molar-refractivity contribution in [3.63, 3.8) is 0 Å². The summed E-state index contributed by atoms with van der Waals surface area (Å²) in [7, 11) is 0. The molecule has 0 saturated carbocycles. The number of hydrogen-bond acceptors (Lipinski definition) is 2. The molecule has 0 aromatic heterocycles. The zero-order valence-corrected chi connectivity index (χ0v) is 16.8. The average Bonchev–Trinajstić information content (AvgIpc) is 2.62. The number of anilines is 1. The van der Waals surface area contributed by atoms with Gasteiger partial charge in [0.15, 0.2) is 0 Å². The second kappa shape index (κ2) is 9.38. The van der Waals surface area contributed by atoms with Gasteiger partial charge >= 0.3 is 6.03 Å². The first-order valence-corrected chi connectivity index (χ1v) is 9.37. The highest BCUT2D eigenvalue weighted by Gasteiger charge is 2.11. The number of urea groups is 1. The molecule has 138 valence electrons. The van der Waals surface area contributed by atoms with E-state index in [-0.39, 0.29) is 24.5 Å². The van der Waals surface area contributed by atoms with Crippen molar-refractivity contribution in [2.45, 2.75) is 33.2 Å². The number of carbonyl (C=O) groups excluding carboxylic acids is 2. The van der Waals surface area contributed by atoms with Gasteiger partial charge in [0, 0.05) is 10.2 Å². The minimum Gasteiger partial charge on any atom is -0.332 e. The molecule has 2 aromatic rings. The lowest BCUT2D eigenvalue weighted by molar-refractivity contribution is -0.115. The number of rotatable bonds is 6. The van der Waals surface area contributed by atoms with E-state index in [9.17, 15) is 9.59 Å². The second-order valence-corrected chi connectivity index (χ2v) is 7.07. The molecule has 1 unspecified atom stereocenters. The predicted molar refractivity (Wildman–Crippen MR) is 108 cm³/mol. The number of hydrogen-bond donors (Lipinski definition) is 3. The highest BCUT2D eigenvalue weighted by molar-refractivity contribution is 9.10. The molecule has 0 aliphatic rings. The van der Waals surface area contributed by atoms with Gasteiger partial charge in [-0.3, -0.25) is 4.79 Å². The molecule has 0 radical (unpaired) electrons. The van der Waals surface area contributed by atoms with E-state index in [1.807, 2.05) is 44.2 Å². The third-order valence-corrected chi connectivity index (χ3v) is 4.60. The summed E-state index contributed by atoms with van der Waals surface area (Å²) >= 11 is 3.38. The van der Waals surface area contributed by atoms with Crippen LogP contribution in [0.2, 0.25) is 0 Å².